The lowest BCUT2D eigenvalue weighted by molar-refractivity contribution is -0.135. The first-order valence-electron chi connectivity index (χ1n) is 10.2. The van der Waals surface area contributed by atoms with Crippen LogP contribution in [0.2, 0.25) is 0 Å². The molecule has 0 unspecified atom stereocenters. The summed E-state index contributed by atoms with van der Waals surface area (Å²) in [6.45, 7) is 5.69. The molecule has 28 heavy (non-hydrogen) atoms. The van der Waals surface area contributed by atoms with E-state index in [9.17, 15) is 9.59 Å². The molecule has 1 aromatic carbocycles. The molecule has 0 spiro atoms. The molecule has 2 fully saturated rings. The van der Waals surface area contributed by atoms with Crippen LogP contribution in [0.5, 0.6) is 0 Å². The number of benzene rings is 1. The highest BCUT2D eigenvalue weighted by Crippen LogP contribution is 2.37. The van der Waals surface area contributed by atoms with Crippen LogP contribution in [0, 0.1) is 11.8 Å². The van der Waals surface area contributed by atoms with Crippen molar-refractivity contribution in [3.05, 3.63) is 35.2 Å². The third-order valence-corrected chi connectivity index (χ3v) is 6.83. The summed E-state index contributed by atoms with van der Waals surface area (Å²) >= 11 is 1.56. The lowest BCUT2D eigenvalue weighted by Gasteiger charge is -2.31. The van der Waals surface area contributed by atoms with Crippen LogP contribution in [0.3, 0.4) is 0 Å². The second-order valence-corrected chi connectivity index (χ2v) is 9.15. The number of hydrogen-bond donors (Lipinski definition) is 1. The van der Waals surface area contributed by atoms with Crippen LogP contribution in [0.15, 0.2) is 30.3 Å². The van der Waals surface area contributed by atoms with E-state index in [1.165, 1.54) is 4.88 Å². The molecule has 1 saturated heterocycles. The van der Waals surface area contributed by atoms with Crippen LogP contribution in [0.25, 0.3) is 11.3 Å². The molecule has 148 valence electrons. The third-order valence-electron chi connectivity index (χ3n) is 5.56. The molecular weight excluding hydrogens is 370 g/mol. The van der Waals surface area contributed by atoms with Crippen LogP contribution in [-0.2, 0) is 9.59 Å². The number of carbonyl (C=O) groups is 2. The molecule has 1 N–H and O–H groups in total. The van der Waals surface area contributed by atoms with E-state index in [1.54, 1.807) is 11.3 Å². The summed E-state index contributed by atoms with van der Waals surface area (Å²) in [6, 6.07) is 10.1. The van der Waals surface area contributed by atoms with Gasteiger partial charge >= 0.3 is 0 Å². The topological polar surface area (TPSA) is 62.3 Å². The molecule has 0 radical (unpaired) electrons. The van der Waals surface area contributed by atoms with Gasteiger partial charge in [-0.2, -0.15) is 0 Å². The maximum Gasteiger partial charge on any atom is 0.229 e. The quantitative estimate of drug-likeness (QED) is 0.807. The summed E-state index contributed by atoms with van der Waals surface area (Å²) in [7, 11) is 0. The SMILES string of the molecule is CC(C)c1sc(NC(=O)C2CCN(C(=O)C3CC3)CC2)nc1-c1ccccc1. The predicted molar refractivity (Wildman–Crippen MR) is 112 cm³/mol. The molecule has 1 aliphatic heterocycles. The van der Waals surface area contributed by atoms with E-state index >= 15 is 0 Å². The molecule has 2 aromatic rings. The Morgan fingerprint density at radius 2 is 1.75 bits per heavy atom. The Kier molecular flexibility index (Phi) is 5.49. The summed E-state index contributed by atoms with van der Waals surface area (Å²) in [5, 5.41) is 3.71. The summed E-state index contributed by atoms with van der Waals surface area (Å²) < 4.78 is 0. The van der Waals surface area contributed by atoms with Crippen molar-refractivity contribution in [2.24, 2.45) is 11.8 Å². The third kappa shape index (κ3) is 4.12. The number of carbonyl (C=O) groups excluding carboxylic acids is 2. The van der Waals surface area contributed by atoms with Gasteiger partial charge in [-0.3, -0.25) is 9.59 Å². The highest BCUT2D eigenvalue weighted by atomic mass is 32.1. The first kappa shape index (κ1) is 19.1. The summed E-state index contributed by atoms with van der Waals surface area (Å²) in [4.78, 5) is 32.8. The molecule has 6 heteroatoms. The molecule has 4 rings (SSSR count). The fourth-order valence-corrected chi connectivity index (χ4v) is 4.73. The average Bonchev–Trinajstić information content (AvgIpc) is 3.48. The van der Waals surface area contributed by atoms with Crippen molar-refractivity contribution in [2.75, 3.05) is 18.4 Å². The fourth-order valence-electron chi connectivity index (χ4n) is 3.74. The second kappa shape index (κ2) is 8.03. The van der Waals surface area contributed by atoms with Crippen molar-refractivity contribution < 1.29 is 9.59 Å². The Morgan fingerprint density at radius 1 is 1.07 bits per heavy atom. The number of rotatable bonds is 5. The Labute approximate surface area is 170 Å². The summed E-state index contributed by atoms with van der Waals surface area (Å²) in [6.07, 6.45) is 3.53. The highest BCUT2D eigenvalue weighted by Gasteiger charge is 2.36. The van der Waals surface area contributed by atoms with Crippen LogP contribution in [-0.4, -0.2) is 34.8 Å². The fraction of sp³-hybridized carbons (Fsp3) is 0.500. The number of anilines is 1. The molecular formula is C22H27N3O2S. The Balaban J connectivity index is 1.41. The number of likely N-dealkylation sites (tertiary alicyclic amines) is 1. The maximum absolute atomic E-state index is 12.8. The Morgan fingerprint density at radius 3 is 2.36 bits per heavy atom. The lowest BCUT2D eigenvalue weighted by atomic mass is 9.95. The zero-order valence-electron chi connectivity index (χ0n) is 16.5. The summed E-state index contributed by atoms with van der Waals surface area (Å²) in [5.74, 6) is 0.867. The molecule has 1 aliphatic carbocycles. The molecule has 2 aliphatic rings. The van der Waals surface area contributed by atoms with E-state index in [4.69, 9.17) is 4.98 Å². The van der Waals surface area contributed by atoms with Crippen LogP contribution in [0.1, 0.15) is 50.3 Å². The Bertz CT molecular complexity index is 850. The second-order valence-electron chi connectivity index (χ2n) is 8.12. The van der Waals surface area contributed by atoms with Gasteiger partial charge in [0.25, 0.3) is 0 Å². The molecule has 0 bridgehead atoms. The van der Waals surface area contributed by atoms with E-state index in [2.05, 4.69) is 31.3 Å². The van der Waals surface area contributed by atoms with E-state index in [0.29, 0.717) is 24.1 Å². The molecule has 5 nitrogen and oxygen atoms in total. The van der Waals surface area contributed by atoms with Gasteiger partial charge in [0.15, 0.2) is 5.13 Å². The van der Waals surface area contributed by atoms with E-state index < -0.39 is 0 Å². The zero-order valence-corrected chi connectivity index (χ0v) is 17.3. The standard InChI is InChI=1S/C22H27N3O2S/c1-14(2)19-18(15-6-4-3-5-7-15)23-22(28-19)24-20(26)16-10-12-25(13-11-16)21(27)17-8-9-17/h3-7,14,16-17H,8-13H2,1-2H3,(H,23,24,26). The van der Waals surface area contributed by atoms with Gasteiger partial charge < -0.3 is 10.2 Å². The van der Waals surface area contributed by atoms with Crippen molar-refractivity contribution in [2.45, 2.75) is 45.4 Å². The van der Waals surface area contributed by atoms with Gasteiger partial charge in [-0.05, 0) is 31.6 Å². The van der Waals surface area contributed by atoms with Crippen LogP contribution >= 0.6 is 11.3 Å². The number of amides is 2. The first-order chi connectivity index (χ1) is 13.5. The van der Waals surface area contributed by atoms with Crippen molar-refractivity contribution >= 4 is 28.3 Å². The van der Waals surface area contributed by atoms with Gasteiger partial charge in [0, 0.05) is 35.4 Å². The van der Waals surface area contributed by atoms with Crippen molar-refractivity contribution in [1.29, 1.82) is 0 Å². The van der Waals surface area contributed by atoms with Crippen molar-refractivity contribution in [3.8, 4) is 11.3 Å². The normalized spacial score (nSPS) is 17.8. The first-order valence-corrected chi connectivity index (χ1v) is 11.0. The van der Waals surface area contributed by atoms with Crippen LogP contribution in [0.4, 0.5) is 5.13 Å². The number of piperidine rings is 1. The van der Waals surface area contributed by atoms with Gasteiger partial charge in [-0.25, -0.2) is 4.98 Å². The molecule has 1 saturated carbocycles. The minimum Gasteiger partial charge on any atom is -0.342 e. The van der Waals surface area contributed by atoms with Gasteiger partial charge in [0.05, 0.1) is 5.69 Å². The minimum absolute atomic E-state index is 0.0298. The highest BCUT2D eigenvalue weighted by molar-refractivity contribution is 7.16. The van der Waals surface area contributed by atoms with E-state index in [1.807, 2.05) is 23.1 Å². The number of nitrogens with one attached hydrogen (secondary N) is 1. The van der Waals surface area contributed by atoms with E-state index in [-0.39, 0.29) is 23.7 Å². The van der Waals surface area contributed by atoms with Crippen LogP contribution < -0.4 is 5.32 Å². The van der Waals surface area contributed by atoms with Gasteiger partial charge in [0.1, 0.15) is 0 Å². The van der Waals surface area contributed by atoms with Crippen molar-refractivity contribution in [3.63, 3.8) is 0 Å². The monoisotopic (exact) mass is 397 g/mol. The lowest BCUT2D eigenvalue weighted by Crippen LogP contribution is -2.42. The number of thiazole rings is 1. The number of aromatic nitrogens is 1. The predicted octanol–water partition coefficient (Wildman–Crippen LogP) is 4.52. The van der Waals surface area contributed by atoms with E-state index in [0.717, 1.165) is 36.9 Å². The molecule has 2 amide bonds. The van der Waals surface area contributed by atoms with Crippen molar-refractivity contribution in [1.82, 2.24) is 9.88 Å². The van der Waals surface area contributed by atoms with Gasteiger partial charge in [-0.15, -0.1) is 11.3 Å². The average molecular weight is 398 g/mol. The largest absolute Gasteiger partial charge is 0.342 e. The number of hydrogen-bond acceptors (Lipinski definition) is 4. The van der Waals surface area contributed by atoms with Gasteiger partial charge in [0.2, 0.25) is 11.8 Å². The molecule has 2 heterocycles. The number of nitrogens with zero attached hydrogens (tertiary/aromatic N) is 2. The molecule has 1 aromatic heterocycles. The minimum atomic E-state index is -0.0465. The zero-order chi connectivity index (χ0) is 19.7. The summed E-state index contributed by atoms with van der Waals surface area (Å²) in [5.41, 5.74) is 2.04. The van der Waals surface area contributed by atoms with Gasteiger partial charge in [-0.1, -0.05) is 44.2 Å². The molecule has 0 atom stereocenters. The Hall–Kier alpha value is -2.21. The smallest absolute Gasteiger partial charge is 0.229 e. The maximum atomic E-state index is 12.8.